The molecular weight excluding hydrogens is 330 g/mol. The molecule has 130 valence electrons. The molecule has 1 N–H and O–H groups in total. The van der Waals surface area contributed by atoms with Crippen LogP contribution >= 0.6 is 0 Å². The Morgan fingerprint density at radius 3 is 2.88 bits per heavy atom. The number of aromatic nitrogens is 2. The Hall–Kier alpha value is -1.55. The Morgan fingerprint density at radius 1 is 1.29 bits per heavy atom. The van der Waals surface area contributed by atoms with E-state index in [1.54, 1.807) is 17.3 Å². The lowest BCUT2D eigenvalue weighted by molar-refractivity contribution is 0.179. The number of nitrogens with zero attached hydrogens (tertiary/aromatic N) is 4. The van der Waals surface area contributed by atoms with Crippen molar-refractivity contribution in [1.82, 2.24) is 24.7 Å². The van der Waals surface area contributed by atoms with Crippen molar-refractivity contribution in [3.05, 3.63) is 18.0 Å². The second kappa shape index (κ2) is 6.07. The van der Waals surface area contributed by atoms with Crippen molar-refractivity contribution in [2.24, 2.45) is 0 Å². The van der Waals surface area contributed by atoms with Gasteiger partial charge in [0.15, 0.2) is 0 Å². The lowest BCUT2D eigenvalue weighted by Crippen LogP contribution is -2.49. The summed E-state index contributed by atoms with van der Waals surface area (Å²) in [7, 11) is -3.54. The number of hydrogen-bond donors (Lipinski definition) is 1. The highest BCUT2D eigenvalue weighted by atomic mass is 32.2. The van der Waals surface area contributed by atoms with Gasteiger partial charge in [-0.3, -0.25) is 4.90 Å². The van der Waals surface area contributed by atoms with Crippen LogP contribution in [0.25, 0.3) is 11.1 Å². The fourth-order valence-corrected chi connectivity index (χ4v) is 4.96. The van der Waals surface area contributed by atoms with Crippen LogP contribution in [0.5, 0.6) is 0 Å². The van der Waals surface area contributed by atoms with Crippen LogP contribution in [-0.4, -0.2) is 73.1 Å². The van der Waals surface area contributed by atoms with E-state index in [2.05, 4.69) is 20.4 Å². The molecule has 0 amide bonds. The Labute approximate surface area is 140 Å². The molecule has 4 rings (SSSR count). The number of nitrogens with one attached hydrogen (secondary N) is 1. The first-order chi connectivity index (χ1) is 11.6. The summed E-state index contributed by atoms with van der Waals surface area (Å²) in [6.45, 7) is 6.77. The van der Waals surface area contributed by atoms with Crippen LogP contribution in [0.3, 0.4) is 0 Å². The molecule has 1 atom stereocenters. The molecule has 0 aromatic carbocycles. The van der Waals surface area contributed by atoms with Gasteiger partial charge < -0.3 is 9.84 Å². The van der Waals surface area contributed by atoms with Crippen molar-refractivity contribution < 1.29 is 12.9 Å². The van der Waals surface area contributed by atoms with Gasteiger partial charge in [-0.15, -0.1) is 0 Å². The van der Waals surface area contributed by atoms with Crippen LogP contribution in [0.1, 0.15) is 12.1 Å². The maximum atomic E-state index is 12.9. The Kier molecular flexibility index (Phi) is 4.03. The Balaban J connectivity index is 1.56. The molecule has 2 aromatic rings. The number of rotatable bonds is 3. The molecule has 4 heterocycles. The van der Waals surface area contributed by atoms with Crippen molar-refractivity contribution in [3.8, 4) is 0 Å². The first-order valence-electron chi connectivity index (χ1n) is 8.22. The highest BCUT2D eigenvalue weighted by molar-refractivity contribution is 7.89. The summed E-state index contributed by atoms with van der Waals surface area (Å²) in [6.07, 6.45) is 2.24. The van der Waals surface area contributed by atoms with E-state index in [1.807, 2.05) is 0 Å². The molecule has 0 spiro atoms. The predicted molar refractivity (Wildman–Crippen MR) is 88.1 cm³/mol. The van der Waals surface area contributed by atoms with E-state index in [4.69, 9.17) is 4.52 Å². The van der Waals surface area contributed by atoms with Gasteiger partial charge >= 0.3 is 0 Å². The largest absolute Gasteiger partial charge is 0.336 e. The molecule has 0 saturated carbocycles. The van der Waals surface area contributed by atoms with Gasteiger partial charge in [-0.1, -0.05) is 5.16 Å². The molecule has 2 fully saturated rings. The molecule has 8 nitrogen and oxygen atoms in total. The van der Waals surface area contributed by atoms with E-state index in [0.29, 0.717) is 35.9 Å². The van der Waals surface area contributed by atoms with Crippen LogP contribution < -0.4 is 5.32 Å². The average molecular weight is 351 g/mol. The zero-order valence-corrected chi connectivity index (χ0v) is 14.4. The van der Waals surface area contributed by atoms with Crippen LogP contribution in [0, 0.1) is 6.92 Å². The van der Waals surface area contributed by atoms with E-state index in [9.17, 15) is 8.42 Å². The Morgan fingerprint density at radius 2 is 2.08 bits per heavy atom. The zero-order valence-electron chi connectivity index (χ0n) is 13.6. The molecule has 0 radical (unpaired) electrons. The number of sulfonamides is 1. The summed E-state index contributed by atoms with van der Waals surface area (Å²) in [5.74, 6) is 0. The van der Waals surface area contributed by atoms with Crippen LogP contribution in [0.2, 0.25) is 0 Å². The van der Waals surface area contributed by atoms with Gasteiger partial charge in [-0.05, 0) is 19.4 Å². The van der Waals surface area contributed by atoms with Gasteiger partial charge in [0.2, 0.25) is 10.0 Å². The third kappa shape index (κ3) is 2.71. The fraction of sp³-hybridized carbons (Fsp3) is 0.600. The van der Waals surface area contributed by atoms with Crippen molar-refractivity contribution in [1.29, 1.82) is 0 Å². The molecule has 2 aliphatic heterocycles. The smallest absolute Gasteiger partial charge is 0.257 e. The number of hydrogen-bond acceptors (Lipinski definition) is 7. The zero-order chi connectivity index (χ0) is 16.7. The molecule has 24 heavy (non-hydrogen) atoms. The standard InChI is InChI=1S/C15H21N5O3S/c1-11-14-8-13(9-17-15(14)23-18-11)24(21,22)20-5-2-12(10-20)19-6-3-16-4-7-19/h8-9,12,16H,2-7,10H2,1H3. The van der Waals surface area contributed by atoms with Gasteiger partial charge in [0.1, 0.15) is 4.90 Å². The summed E-state index contributed by atoms with van der Waals surface area (Å²) < 4.78 is 32.5. The van der Waals surface area contributed by atoms with Crippen molar-refractivity contribution in [3.63, 3.8) is 0 Å². The van der Waals surface area contributed by atoms with E-state index in [-0.39, 0.29) is 4.90 Å². The number of aryl methyl sites for hydroxylation is 1. The summed E-state index contributed by atoms with van der Waals surface area (Å²) in [5.41, 5.74) is 1.02. The van der Waals surface area contributed by atoms with Crippen molar-refractivity contribution in [2.45, 2.75) is 24.3 Å². The van der Waals surface area contributed by atoms with E-state index < -0.39 is 10.0 Å². The van der Waals surface area contributed by atoms with E-state index >= 15 is 0 Å². The number of pyridine rings is 1. The quantitative estimate of drug-likeness (QED) is 0.844. The highest BCUT2D eigenvalue weighted by Gasteiger charge is 2.35. The van der Waals surface area contributed by atoms with Gasteiger partial charge in [0.25, 0.3) is 5.71 Å². The molecule has 2 aliphatic rings. The third-order valence-electron chi connectivity index (χ3n) is 4.92. The predicted octanol–water partition coefficient (Wildman–Crippen LogP) is 0.199. The lowest BCUT2D eigenvalue weighted by atomic mass is 10.2. The summed E-state index contributed by atoms with van der Waals surface area (Å²) >= 11 is 0. The minimum Gasteiger partial charge on any atom is -0.336 e. The first kappa shape index (κ1) is 15.9. The maximum absolute atomic E-state index is 12.9. The third-order valence-corrected chi connectivity index (χ3v) is 6.75. The summed E-state index contributed by atoms with van der Waals surface area (Å²) in [5, 5.41) is 7.81. The van der Waals surface area contributed by atoms with Crippen molar-refractivity contribution >= 4 is 21.1 Å². The maximum Gasteiger partial charge on any atom is 0.257 e. The number of fused-ring (bicyclic) bond motifs is 1. The minimum absolute atomic E-state index is 0.210. The normalized spacial score (nSPS) is 24.0. The molecule has 2 aromatic heterocycles. The highest BCUT2D eigenvalue weighted by Crippen LogP contribution is 2.26. The topological polar surface area (TPSA) is 91.6 Å². The molecule has 1 unspecified atom stereocenters. The molecular formula is C15H21N5O3S. The SMILES string of the molecule is Cc1noc2ncc(S(=O)(=O)N3CCC(N4CCNCC4)C3)cc12. The first-order valence-corrected chi connectivity index (χ1v) is 9.66. The monoisotopic (exact) mass is 351 g/mol. The van der Waals surface area contributed by atoms with Crippen LogP contribution in [0.15, 0.2) is 21.7 Å². The summed E-state index contributed by atoms with van der Waals surface area (Å²) in [4.78, 5) is 6.69. The van der Waals surface area contributed by atoms with Gasteiger partial charge in [-0.25, -0.2) is 13.4 Å². The van der Waals surface area contributed by atoms with E-state index in [0.717, 1.165) is 32.6 Å². The second-order valence-corrected chi connectivity index (χ2v) is 8.32. The lowest BCUT2D eigenvalue weighted by Gasteiger charge is -2.32. The van der Waals surface area contributed by atoms with Gasteiger partial charge in [0, 0.05) is 45.3 Å². The second-order valence-electron chi connectivity index (χ2n) is 6.38. The van der Waals surface area contributed by atoms with Crippen LogP contribution in [-0.2, 0) is 10.0 Å². The molecule has 9 heteroatoms. The molecule has 0 bridgehead atoms. The van der Waals surface area contributed by atoms with Crippen LogP contribution in [0.4, 0.5) is 0 Å². The molecule has 0 aliphatic carbocycles. The minimum atomic E-state index is -3.54. The fourth-order valence-electron chi connectivity index (χ4n) is 3.49. The summed E-state index contributed by atoms with van der Waals surface area (Å²) in [6, 6.07) is 1.91. The Bertz CT molecular complexity index is 844. The molecule has 2 saturated heterocycles. The average Bonchev–Trinajstić information content (AvgIpc) is 3.23. The van der Waals surface area contributed by atoms with Gasteiger partial charge in [-0.2, -0.15) is 4.31 Å². The van der Waals surface area contributed by atoms with E-state index in [1.165, 1.54) is 6.20 Å². The number of piperazine rings is 1. The van der Waals surface area contributed by atoms with Crippen molar-refractivity contribution in [2.75, 3.05) is 39.3 Å². The van der Waals surface area contributed by atoms with Gasteiger partial charge in [0.05, 0.1) is 17.3 Å².